The molecule has 0 aliphatic carbocycles. The monoisotopic (exact) mass is 338 g/mol. The van der Waals surface area contributed by atoms with E-state index in [9.17, 15) is 4.79 Å². The van der Waals surface area contributed by atoms with Crippen molar-refractivity contribution >= 4 is 6.03 Å². The third kappa shape index (κ3) is 3.30. The maximum absolute atomic E-state index is 13.3. The van der Waals surface area contributed by atoms with Gasteiger partial charge in [0.25, 0.3) is 0 Å². The Morgan fingerprint density at radius 3 is 1.00 bits per heavy atom. The van der Waals surface area contributed by atoms with Crippen LogP contribution in [-0.2, 0) is 0 Å². The second-order valence-corrected chi connectivity index (χ2v) is 10.4. The molecular formula is C19H38N4O. The van der Waals surface area contributed by atoms with Crippen LogP contribution in [0.2, 0.25) is 0 Å². The van der Waals surface area contributed by atoms with Crippen LogP contribution in [0.1, 0.15) is 55.4 Å². The van der Waals surface area contributed by atoms with Crippen LogP contribution < -0.4 is 0 Å². The molecule has 0 saturated carbocycles. The number of hydrogen-bond acceptors (Lipinski definition) is 3. The maximum atomic E-state index is 13.3. The van der Waals surface area contributed by atoms with Crippen molar-refractivity contribution in [3.8, 4) is 0 Å². The first-order valence-corrected chi connectivity index (χ1v) is 9.12. The normalized spacial score (nSPS) is 29.6. The van der Waals surface area contributed by atoms with E-state index in [-0.39, 0.29) is 28.2 Å². The van der Waals surface area contributed by atoms with Crippen molar-refractivity contribution in [2.45, 2.75) is 77.5 Å². The van der Waals surface area contributed by atoms with Gasteiger partial charge in [-0.3, -0.25) is 9.80 Å². The number of carbonyl (C=O) groups is 1. The van der Waals surface area contributed by atoms with Crippen molar-refractivity contribution in [2.75, 3.05) is 40.3 Å². The van der Waals surface area contributed by atoms with Crippen LogP contribution >= 0.6 is 0 Å². The summed E-state index contributed by atoms with van der Waals surface area (Å²) in [6, 6.07) is 0.193. The molecule has 5 nitrogen and oxygen atoms in total. The lowest BCUT2D eigenvalue weighted by Crippen LogP contribution is -2.72. The molecule has 2 aliphatic heterocycles. The Hall–Kier alpha value is -0.810. The fourth-order valence-corrected chi connectivity index (χ4v) is 4.51. The standard InChI is InChI=1S/C19H38N4O/c1-16(2)11-22(12-17(3,4)20(16)9)15(24)23-13-18(5,6)21(10)19(7,8)14-23/h11-14H2,1-10H3. The van der Waals surface area contributed by atoms with Crippen LogP contribution in [0.15, 0.2) is 0 Å². The Balaban J connectivity index is 2.23. The summed E-state index contributed by atoms with van der Waals surface area (Å²) in [7, 11) is 4.34. The fourth-order valence-electron chi connectivity index (χ4n) is 4.51. The summed E-state index contributed by atoms with van der Waals surface area (Å²) in [5.74, 6) is 0. The van der Waals surface area contributed by atoms with E-state index in [4.69, 9.17) is 0 Å². The molecule has 2 rings (SSSR count). The number of urea groups is 1. The van der Waals surface area contributed by atoms with Crippen LogP contribution in [-0.4, -0.2) is 88.1 Å². The number of likely N-dealkylation sites (N-methyl/N-ethyl adjacent to an activating group) is 2. The van der Waals surface area contributed by atoms with Gasteiger partial charge in [0.15, 0.2) is 0 Å². The Bertz CT molecular complexity index is 429. The van der Waals surface area contributed by atoms with Crippen molar-refractivity contribution in [3.05, 3.63) is 0 Å². The Kier molecular flexibility index (Phi) is 4.55. The topological polar surface area (TPSA) is 30.0 Å². The number of hydrogen-bond donors (Lipinski definition) is 0. The molecule has 0 N–H and O–H groups in total. The molecule has 0 aromatic rings. The lowest BCUT2D eigenvalue weighted by Gasteiger charge is -2.58. The van der Waals surface area contributed by atoms with Crippen LogP contribution in [0.25, 0.3) is 0 Å². The molecule has 0 bridgehead atoms. The number of carbonyl (C=O) groups excluding carboxylic acids is 1. The van der Waals surface area contributed by atoms with Gasteiger partial charge in [0.2, 0.25) is 0 Å². The van der Waals surface area contributed by atoms with Gasteiger partial charge in [-0.05, 0) is 69.5 Å². The van der Waals surface area contributed by atoms with Gasteiger partial charge in [-0.1, -0.05) is 0 Å². The van der Waals surface area contributed by atoms with Gasteiger partial charge in [-0.25, -0.2) is 4.79 Å². The first kappa shape index (κ1) is 19.5. The summed E-state index contributed by atoms with van der Waals surface area (Å²) in [5, 5.41) is 0. The number of piperazine rings is 2. The zero-order valence-corrected chi connectivity index (χ0v) is 17.5. The van der Waals surface area contributed by atoms with E-state index in [0.717, 1.165) is 26.2 Å². The zero-order chi connectivity index (χ0) is 18.7. The number of rotatable bonds is 0. The minimum atomic E-state index is -0.0188. The summed E-state index contributed by atoms with van der Waals surface area (Å²) in [5.41, 5.74) is -0.0753. The van der Waals surface area contributed by atoms with E-state index in [1.807, 2.05) is 0 Å². The molecule has 140 valence electrons. The van der Waals surface area contributed by atoms with E-state index in [0.29, 0.717) is 0 Å². The van der Waals surface area contributed by atoms with Gasteiger partial charge in [-0.15, -0.1) is 0 Å². The van der Waals surface area contributed by atoms with Crippen molar-refractivity contribution in [2.24, 2.45) is 0 Å². The molecule has 0 unspecified atom stereocenters. The molecular weight excluding hydrogens is 300 g/mol. The SMILES string of the molecule is CN1C(C)(C)CN(C(=O)N2CC(C)(C)N(C)C(C)(C)C2)CC1(C)C. The molecule has 0 aromatic heterocycles. The van der Waals surface area contributed by atoms with Crippen molar-refractivity contribution in [1.29, 1.82) is 0 Å². The molecule has 0 radical (unpaired) electrons. The maximum Gasteiger partial charge on any atom is 0.320 e. The molecule has 0 atom stereocenters. The summed E-state index contributed by atoms with van der Waals surface area (Å²) in [4.78, 5) is 22.3. The van der Waals surface area contributed by atoms with Gasteiger partial charge in [-0.2, -0.15) is 0 Å². The average Bonchev–Trinajstić information content (AvgIpc) is 2.39. The zero-order valence-electron chi connectivity index (χ0n) is 17.5. The molecule has 2 fully saturated rings. The summed E-state index contributed by atoms with van der Waals surface area (Å²) in [6.07, 6.45) is 0. The molecule has 24 heavy (non-hydrogen) atoms. The smallest absolute Gasteiger partial charge is 0.320 e. The molecule has 0 spiro atoms. The van der Waals surface area contributed by atoms with Gasteiger partial charge in [0.05, 0.1) is 0 Å². The highest BCUT2D eigenvalue weighted by molar-refractivity contribution is 5.75. The Labute approximate surface area is 148 Å². The highest BCUT2D eigenvalue weighted by atomic mass is 16.2. The summed E-state index contributed by atoms with van der Waals surface area (Å²) >= 11 is 0. The number of nitrogens with zero attached hydrogens (tertiary/aromatic N) is 4. The van der Waals surface area contributed by atoms with E-state index >= 15 is 0 Å². The van der Waals surface area contributed by atoms with Crippen LogP contribution in [0.3, 0.4) is 0 Å². The molecule has 2 heterocycles. The molecule has 2 saturated heterocycles. The van der Waals surface area contributed by atoms with Crippen LogP contribution in [0.5, 0.6) is 0 Å². The third-order valence-corrected chi connectivity index (χ3v) is 6.48. The van der Waals surface area contributed by atoms with Gasteiger partial charge >= 0.3 is 6.03 Å². The Morgan fingerprint density at radius 2 is 0.792 bits per heavy atom. The lowest BCUT2D eigenvalue weighted by atomic mass is 9.87. The van der Waals surface area contributed by atoms with Crippen molar-refractivity contribution in [3.63, 3.8) is 0 Å². The quantitative estimate of drug-likeness (QED) is 0.680. The minimum absolute atomic E-state index is 0.0188. The minimum Gasteiger partial charge on any atom is -0.321 e. The highest BCUT2D eigenvalue weighted by Gasteiger charge is 2.48. The second kappa shape index (κ2) is 5.60. The van der Waals surface area contributed by atoms with E-state index in [1.165, 1.54) is 0 Å². The van der Waals surface area contributed by atoms with Crippen molar-refractivity contribution < 1.29 is 4.79 Å². The van der Waals surface area contributed by atoms with E-state index < -0.39 is 0 Å². The second-order valence-electron chi connectivity index (χ2n) is 10.4. The predicted octanol–water partition coefficient (Wildman–Crippen LogP) is 2.72. The number of amides is 2. The average molecular weight is 339 g/mol. The fraction of sp³-hybridized carbons (Fsp3) is 0.947. The predicted molar refractivity (Wildman–Crippen MR) is 100 cm³/mol. The first-order valence-electron chi connectivity index (χ1n) is 9.12. The summed E-state index contributed by atoms with van der Waals surface area (Å²) in [6.45, 7) is 20.9. The van der Waals surface area contributed by atoms with Gasteiger partial charge in [0, 0.05) is 48.3 Å². The molecule has 5 heteroatoms. The van der Waals surface area contributed by atoms with Crippen LogP contribution in [0, 0.1) is 0 Å². The van der Waals surface area contributed by atoms with E-state index in [1.54, 1.807) is 0 Å². The molecule has 2 amide bonds. The van der Waals surface area contributed by atoms with E-state index in [2.05, 4.69) is 89.1 Å². The van der Waals surface area contributed by atoms with Gasteiger partial charge < -0.3 is 9.80 Å². The van der Waals surface area contributed by atoms with Gasteiger partial charge in [0.1, 0.15) is 0 Å². The summed E-state index contributed by atoms with van der Waals surface area (Å²) < 4.78 is 0. The highest BCUT2D eigenvalue weighted by Crippen LogP contribution is 2.34. The molecule has 0 aromatic carbocycles. The van der Waals surface area contributed by atoms with Crippen molar-refractivity contribution in [1.82, 2.24) is 19.6 Å². The Morgan fingerprint density at radius 1 is 0.583 bits per heavy atom. The molecule has 2 aliphatic rings. The van der Waals surface area contributed by atoms with Crippen LogP contribution in [0.4, 0.5) is 4.79 Å². The first-order chi connectivity index (χ1) is 10.6. The largest absolute Gasteiger partial charge is 0.321 e. The third-order valence-electron chi connectivity index (χ3n) is 6.48. The lowest BCUT2D eigenvalue weighted by molar-refractivity contribution is -0.0616.